The van der Waals surface area contributed by atoms with Crippen molar-refractivity contribution in [1.82, 2.24) is 10.6 Å². The van der Waals surface area contributed by atoms with Gasteiger partial charge in [0.15, 0.2) is 0 Å². The van der Waals surface area contributed by atoms with Gasteiger partial charge in [0.2, 0.25) is 5.91 Å². The fourth-order valence-electron chi connectivity index (χ4n) is 1.56. The topological polar surface area (TPSA) is 50.4 Å². The number of rotatable bonds is 9. The summed E-state index contributed by atoms with van der Waals surface area (Å²) >= 11 is 11.8. The van der Waals surface area contributed by atoms with Crippen LogP contribution in [0.2, 0.25) is 10.0 Å². The molecule has 0 aliphatic heterocycles. The van der Waals surface area contributed by atoms with Crippen LogP contribution in [0.1, 0.15) is 19.8 Å². The predicted octanol–water partition coefficient (Wildman–Crippen LogP) is 2.88. The Labute approximate surface area is 129 Å². The fraction of sp³-hybridized carbons (Fsp3) is 0.500. The monoisotopic (exact) mass is 318 g/mol. The molecule has 1 rings (SSSR count). The predicted molar refractivity (Wildman–Crippen MR) is 82.7 cm³/mol. The number of amides is 1. The number of hydrogen-bond acceptors (Lipinski definition) is 3. The molecule has 1 amide bonds. The number of nitrogens with one attached hydrogen (secondary N) is 2. The Hall–Kier alpha value is -0.970. The van der Waals surface area contributed by atoms with E-state index in [1.54, 1.807) is 18.2 Å². The van der Waals surface area contributed by atoms with E-state index in [1.165, 1.54) is 0 Å². The highest BCUT2D eigenvalue weighted by Gasteiger charge is 2.04. The van der Waals surface area contributed by atoms with Crippen LogP contribution in [0.15, 0.2) is 18.2 Å². The summed E-state index contributed by atoms with van der Waals surface area (Å²) in [6.07, 6.45) is 1.09. The van der Waals surface area contributed by atoms with Gasteiger partial charge in [0.05, 0.1) is 11.6 Å². The minimum Gasteiger partial charge on any atom is -0.492 e. The summed E-state index contributed by atoms with van der Waals surface area (Å²) in [6, 6.07) is 5.07. The molecule has 0 saturated carbocycles. The van der Waals surface area contributed by atoms with Crippen LogP contribution < -0.4 is 15.4 Å². The maximum atomic E-state index is 11.5. The molecule has 2 N–H and O–H groups in total. The first-order chi connectivity index (χ1) is 9.63. The second kappa shape index (κ2) is 9.86. The van der Waals surface area contributed by atoms with Crippen LogP contribution in [-0.4, -0.2) is 32.1 Å². The first-order valence-electron chi connectivity index (χ1n) is 6.68. The normalized spacial score (nSPS) is 10.3. The summed E-state index contributed by atoms with van der Waals surface area (Å²) in [7, 11) is 0. The molecule has 6 heteroatoms. The zero-order valence-electron chi connectivity index (χ0n) is 11.5. The minimum atomic E-state index is 0.0358. The van der Waals surface area contributed by atoms with Gasteiger partial charge in [0.1, 0.15) is 5.75 Å². The van der Waals surface area contributed by atoms with Gasteiger partial charge in [-0.25, -0.2) is 0 Å². The number of carbonyl (C=O) groups excluding carboxylic acids is 1. The fourth-order valence-corrected chi connectivity index (χ4v) is 2.03. The van der Waals surface area contributed by atoms with Crippen molar-refractivity contribution in [3.05, 3.63) is 28.2 Å². The molecule has 4 nitrogen and oxygen atoms in total. The second-order valence-electron chi connectivity index (χ2n) is 4.23. The van der Waals surface area contributed by atoms with Crippen LogP contribution in [0.5, 0.6) is 5.75 Å². The molecule has 0 heterocycles. The molecule has 0 fully saturated rings. The molecule has 0 aliphatic carbocycles. The van der Waals surface area contributed by atoms with Crippen LogP contribution in [0, 0.1) is 0 Å². The third kappa shape index (κ3) is 6.98. The summed E-state index contributed by atoms with van der Waals surface area (Å²) in [6.45, 7) is 4.82. The molecular weight excluding hydrogens is 299 g/mol. The van der Waals surface area contributed by atoms with Crippen molar-refractivity contribution < 1.29 is 9.53 Å². The van der Waals surface area contributed by atoms with Crippen molar-refractivity contribution in [3.63, 3.8) is 0 Å². The van der Waals surface area contributed by atoms with Crippen LogP contribution in [0.25, 0.3) is 0 Å². The number of likely N-dealkylation sites (N-methyl/N-ethyl adjacent to an activating group) is 1. The van der Waals surface area contributed by atoms with Crippen molar-refractivity contribution in [1.29, 1.82) is 0 Å². The highest BCUT2D eigenvalue weighted by atomic mass is 35.5. The third-order valence-electron chi connectivity index (χ3n) is 2.57. The maximum absolute atomic E-state index is 11.5. The maximum Gasteiger partial charge on any atom is 0.220 e. The van der Waals surface area contributed by atoms with Gasteiger partial charge in [-0.05, 0) is 31.2 Å². The van der Waals surface area contributed by atoms with Crippen molar-refractivity contribution in [2.45, 2.75) is 19.8 Å². The van der Waals surface area contributed by atoms with E-state index >= 15 is 0 Å². The Morgan fingerprint density at radius 2 is 2.10 bits per heavy atom. The van der Waals surface area contributed by atoms with Crippen molar-refractivity contribution >= 4 is 29.1 Å². The largest absolute Gasteiger partial charge is 0.492 e. The second-order valence-corrected chi connectivity index (χ2v) is 5.07. The molecule has 1 aromatic rings. The van der Waals surface area contributed by atoms with Gasteiger partial charge in [0.25, 0.3) is 0 Å². The van der Waals surface area contributed by atoms with Crippen molar-refractivity contribution in [2.24, 2.45) is 0 Å². The van der Waals surface area contributed by atoms with Gasteiger partial charge in [-0.2, -0.15) is 0 Å². The van der Waals surface area contributed by atoms with Crippen LogP contribution in [0.4, 0.5) is 0 Å². The minimum absolute atomic E-state index is 0.0358. The van der Waals surface area contributed by atoms with E-state index < -0.39 is 0 Å². The molecular formula is C14H20Cl2N2O2. The van der Waals surface area contributed by atoms with E-state index in [-0.39, 0.29) is 5.91 Å². The Bertz CT molecular complexity index is 428. The number of ether oxygens (including phenoxy) is 1. The number of halogens is 2. The number of benzene rings is 1. The molecule has 0 unspecified atom stereocenters. The summed E-state index contributed by atoms with van der Waals surface area (Å²) in [5, 5.41) is 7.02. The lowest BCUT2D eigenvalue weighted by atomic mass is 10.3. The lowest BCUT2D eigenvalue weighted by Crippen LogP contribution is -2.31. The third-order valence-corrected chi connectivity index (χ3v) is 3.10. The van der Waals surface area contributed by atoms with Crippen molar-refractivity contribution in [2.75, 3.05) is 26.2 Å². The Morgan fingerprint density at radius 1 is 1.30 bits per heavy atom. The number of hydrogen-bond donors (Lipinski definition) is 2. The van der Waals surface area contributed by atoms with E-state index in [0.717, 1.165) is 13.1 Å². The molecule has 0 atom stereocenters. The lowest BCUT2D eigenvalue weighted by molar-refractivity contribution is -0.121. The van der Waals surface area contributed by atoms with Gasteiger partial charge in [-0.3, -0.25) is 4.79 Å². The smallest absolute Gasteiger partial charge is 0.220 e. The molecule has 0 saturated heterocycles. The molecule has 20 heavy (non-hydrogen) atoms. The zero-order chi connectivity index (χ0) is 14.8. The quantitative estimate of drug-likeness (QED) is 0.688. The summed E-state index contributed by atoms with van der Waals surface area (Å²) in [4.78, 5) is 11.5. The molecule has 0 aromatic heterocycles. The van der Waals surface area contributed by atoms with Crippen LogP contribution >= 0.6 is 23.2 Å². The zero-order valence-corrected chi connectivity index (χ0v) is 13.1. The number of carbonyl (C=O) groups is 1. The standard InChI is InChI=1S/C14H20Cl2N2O2/c1-2-17-7-8-18-14(19)4-3-9-20-13-6-5-11(15)10-12(13)16/h5-6,10,17H,2-4,7-9H2,1H3,(H,18,19). The summed E-state index contributed by atoms with van der Waals surface area (Å²) in [5.41, 5.74) is 0. The molecule has 0 spiro atoms. The molecule has 112 valence electrons. The average molecular weight is 319 g/mol. The average Bonchev–Trinajstić information content (AvgIpc) is 2.41. The van der Waals surface area contributed by atoms with Crippen LogP contribution in [0.3, 0.4) is 0 Å². The van der Waals surface area contributed by atoms with E-state index in [2.05, 4.69) is 10.6 Å². The van der Waals surface area contributed by atoms with Gasteiger partial charge in [-0.1, -0.05) is 30.1 Å². The van der Waals surface area contributed by atoms with E-state index in [4.69, 9.17) is 27.9 Å². The highest BCUT2D eigenvalue weighted by molar-refractivity contribution is 6.35. The molecule has 0 radical (unpaired) electrons. The SMILES string of the molecule is CCNCCNC(=O)CCCOc1ccc(Cl)cc1Cl. The lowest BCUT2D eigenvalue weighted by Gasteiger charge is -2.08. The first-order valence-corrected chi connectivity index (χ1v) is 7.44. The Kier molecular flexibility index (Phi) is 8.42. The van der Waals surface area contributed by atoms with Gasteiger partial charge in [0, 0.05) is 24.5 Å². The Balaban J connectivity index is 2.13. The summed E-state index contributed by atoms with van der Waals surface area (Å²) < 4.78 is 5.50. The van der Waals surface area contributed by atoms with Gasteiger partial charge >= 0.3 is 0 Å². The van der Waals surface area contributed by atoms with Gasteiger partial charge < -0.3 is 15.4 Å². The first kappa shape index (κ1) is 17.1. The van der Waals surface area contributed by atoms with E-state index in [9.17, 15) is 4.79 Å². The van der Waals surface area contributed by atoms with Gasteiger partial charge in [-0.15, -0.1) is 0 Å². The summed E-state index contributed by atoms with van der Waals surface area (Å²) in [5.74, 6) is 0.623. The Morgan fingerprint density at radius 3 is 2.80 bits per heavy atom. The van der Waals surface area contributed by atoms with E-state index in [1.807, 2.05) is 6.92 Å². The molecule has 0 bridgehead atoms. The van der Waals surface area contributed by atoms with Crippen molar-refractivity contribution in [3.8, 4) is 5.75 Å². The van der Waals surface area contributed by atoms with E-state index in [0.29, 0.717) is 41.8 Å². The molecule has 1 aromatic carbocycles. The van der Waals surface area contributed by atoms with Crippen LogP contribution in [-0.2, 0) is 4.79 Å². The highest BCUT2D eigenvalue weighted by Crippen LogP contribution is 2.27. The molecule has 0 aliphatic rings.